The van der Waals surface area contributed by atoms with E-state index < -0.39 is 34.2 Å². The first-order valence-electron chi connectivity index (χ1n) is 9.00. The molecule has 1 fully saturated rings. The number of carbonyl (C=O) groups excluding carboxylic acids is 1. The molecule has 1 unspecified atom stereocenters. The highest BCUT2D eigenvalue weighted by Gasteiger charge is 2.35. The van der Waals surface area contributed by atoms with E-state index in [9.17, 15) is 17.6 Å². The summed E-state index contributed by atoms with van der Waals surface area (Å²) in [5.41, 5.74) is 0.0560. The summed E-state index contributed by atoms with van der Waals surface area (Å²) in [6.07, 6.45) is 0.195. The third-order valence-electron chi connectivity index (χ3n) is 4.87. The third kappa shape index (κ3) is 5.52. The average molecular weight is 584 g/mol. The molecule has 1 heterocycles. The van der Waals surface area contributed by atoms with Crippen molar-refractivity contribution < 1.29 is 22.3 Å². The largest absolute Gasteiger partial charge is 0.481 e. The number of nitrogens with zero attached hydrogens (tertiary/aromatic N) is 1. The van der Waals surface area contributed by atoms with Crippen LogP contribution >= 0.6 is 69.6 Å². The maximum atomic E-state index is 14.3. The Kier molecular flexibility index (Phi) is 8.35. The highest BCUT2D eigenvalue weighted by atomic mass is 35.5. The molecule has 0 radical (unpaired) electrons. The van der Waals surface area contributed by atoms with Gasteiger partial charge in [-0.25, -0.2) is 12.8 Å². The molecule has 0 spiro atoms. The quantitative estimate of drug-likeness (QED) is 0.294. The van der Waals surface area contributed by atoms with Crippen LogP contribution in [-0.4, -0.2) is 43.4 Å². The van der Waals surface area contributed by atoms with Gasteiger partial charge in [-0.3, -0.25) is 4.79 Å². The Morgan fingerprint density at radius 2 is 1.62 bits per heavy atom. The van der Waals surface area contributed by atoms with Crippen LogP contribution in [0.15, 0.2) is 18.2 Å². The van der Waals surface area contributed by atoms with Crippen molar-refractivity contribution in [2.45, 2.75) is 19.0 Å². The first kappa shape index (κ1) is 25.9. The van der Waals surface area contributed by atoms with Crippen LogP contribution in [0.3, 0.4) is 0 Å². The van der Waals surface area contributed by atoms with Crippen LogP contribution in [-0.2, 0) is 21.2 Å². The van der Waals surface area contributed by atoms with Gasteiger partial charge >= 0.3 is 0 Å². The number of amides is 1. The summed E-state index contributed by atoms with van der Waals surface area (Å²) in [5.74, 6) is -1.78. The first-order valence-corrected chi connectivity index (χ1v) is 13.1. The number of ether oxygens (including phenoxy) is 1. The Balaban J connectivity index is 1.88. The smallest absolute Gasteiger partial charge is 0.261 e. The molecule has 0 N–H and O–H groups in total. The predicted molar refractivity (Wildman–Crippen MR) is 126 cm³/mol. The fourth-order valence-electron chi connectivity index (χ4n) is 3.22. The first-order chi connectivity index (χ1) is 14.9. The molecule has 5 nitrogen and oxygen atoms in total. The molecule has 1 amide bonds. The van der Waals surface area contributed by atoms with Crippen molar-refractivity contribution in [1.82, 2.24) is 4.90 Å². The zero-order chi connectivity index (χ0) is 23.8. The van der Waals surface area contributed by atoms with Gasteiger partial charge < -0.3 is 9.64 Å². The van der Waals surface area contributed by atoms with E-state index in [1.54, 1.807) is 0 Å². The Bertz CT molecular complexity index is 1130. The van der Waals surface area contributed by atoms with Gasteiger partial charge in [0.1, 0.15) is 15.9 Å². The highest BCUT2D eigenvalue weighted by molar-refractivity contribution is 7.91. The zero-order valence-corrected chi connectivity index (χ0v) is 21.3. The number of benzene rings is 2. The highest BCUT2D eigenvalue weighted by Crippen LogP contribution is 2.48. The second-order valence-corrected chi connectivity index (χ2v) is 11.5. The van der Waals surface area contributed by atoms with E-state index in [0.717, 1.165) is 0 Å². The lowest BCUT2D eigenvalue weighted by Gasteiger charge is -2.29. The lowest BCUT2D eigenvalue weighted by Crippen LogP contribution is -2.43. The van der Waals surface area contributed by atoms with Crippen molar-refractivity contribution in [3.05, 3.63) is 59.7 Å². The molecule has 0 aliphatic carbocycles. The molecular weight excluding hydrogens is 570 g/mol. The summed E-state index contributed by atoms with van der Waals surface area (Å²) in [4.78, 5) is 14.3. The molecule has 2 aromatic rings. The molecule has 174 valence electrons. The van der Waals surface area contributed by atoms with Gasteiger partial charge in [0.15, 0.2) is 22.2 Å². The van der Waals surface area contributed by atoms with Gasteiger partial charge in [-0.2, -0.15) is 0 Å². The van der Waals surface area contributed by atoms with Crippen molar-refractivity contribution in [3.63, 3.8) is 0 Å². The molecule has 0 aromatic heterocycles. The maximum Gasteiger partial charge on any atom is 0.261 e. The number of carbonyl (C=O) groups is 1. The summed E-state index contributed by atoms with van der Waals surface area (Å²) >= 11 is 36.3. The lowest BCUT2D eigenvalue weighted by molar-refractivity contribution is -0.136. The van der Waals surface area contributed by atoms with E-state index in [4.69, 9.17) is 74.3 Å². The van der Waals surface area contributed by atoms with Crippen molar-refractivity contribution in [2.75, 3.05) is 18.1 Å². The topological polar surface area (TPSA) is 63.7 Å². The Morgan fingerprint density at radius 3 is 2.16 bits per heavy atom. The van der Waals surface area contributed by atoms with Gasteiger partial charge in [0, 0.05) is 16.6 Å². The zero-order valence-electron chi connectivity index (χ0n) is 16.0. The number of hydrogen-bond acceptors (Lipinski definition) is 4. The minimum Gasteiger partial charge on any atom is -0.481 e. The second kappa shape index (κ2) is 10.3. The number of sulfone groups is 1. The molecule has 1 aliphatic rings. The molecule has 2 aromatic carbocycles. The van der Waals surface area contributed by atoms with E-state index in [2.05, 4.69) is 0 Å². The molecular formula is C19H14Cl6FNO4S. The van der Waals surface area contributed by atoms with Crippen LogP contribution in [0.2, 0.25) is 30.1 Å². The van der Waals surface area contributed by atoms with Gasteiger partial charge in [0.2, 0.25) is 0 Å². The van der Waals surface area contributed by atoms with Crippen molar-refractivity contribution >= 4 is 85.4 Å². The van der Waals surface area contributed by atoms with Crippen LogP contribution in [0.4, 0.5) is 4.39 Å². The van der Waals surface area contributed by atoms with Crippen LogP contribution in [0.5, 0.6) is 5.75 Å². The van der Waals surface area contributed by atoms with Gasteiger partial charge in [0.25, 0.3) is 5.91 Å². The van der Waals surface area contributed by atoms with Gasteiger partial charge in [-0.15, -0.1) is 0 Å². The standard InChI is InChI=1S/C19H14Cl6FNO4S/c20-11-2-1-3-12(26)10(11)6-27(9-4-5-32(29,30)8-9)13(28)7-31-19-17(24)15(22)14(21)16(23)18(19)25/h1-3,9H,4-8H2. The van der Waals surface area contributed by atoms with Gasteiger partial charge in [0.05, 0.1) is 33.1 Å². The second-order valence-electron chi connectivity index (χ2n) is 6.97. The van der Waals surface area contributed by atoms with E-state index in [-0.39, 0.29) is 65.9 Å². The Labute approximate surface area is 214 Å². The average Bonchev–Trinajstić information content (AvgIpc) is 3.09. The van der Waals surface area contributed by atoms with Gasteiger partial charge in [-0.05, 0) is 18.6 Å². The molecule has 1 aliphatic heterocycles. The SMILES string of the molecule is O=C(COc1c(Cl)c(Cl)c(Cl)c(Cl)c1Cl)N(Cc1c(F)cccc1Cl)C1CCS(=O)(=O)C1. The van der Waals surface area contributed by atoms with Crippen molar-refractivity contribution in [3.8, 4) is 5.75 Å². The van der Waals surface area contributed by atoms with Crippen molar-refractivity contribution in [1.29, 1.82) is 0 Å². The summed E-state index contributed by atoms with van der Waals surface area (Å²) in [7, 11) is -3.34. The minimum atomic E-state index is -3.34. The van der Waals surface area contributed by atoms with Crippen LogP contribution in [0, 0.1) is 5.82 Å². The van der Waals surface area contributed by atoms with Crippen LogP contribution < -0.4 is 4.74 Å². The Morgan fingerprint density at radius 1 is 1.03 bits per heavy atom. The number of hydrogen-bond donors (Lipinski definition) is 0. The van der Waals surface area contributed by atoms with Crippen LogP contribution in [0.25, 0.3) is 0 Å². The van der Waals surface area contributed by atoms with E-state index in [1.165, 1.54) is 23.1 Å². The fourth-order valence-corrected chi connectivity index (χ4v) is 6.41. The van der Waals surface area contributed by atoms with E-state index >= 15 is 0 Å². The minimum absolute atomic E-state index is 0.0560. The Hall–Kier alpha value is -0.670. The molecule has 1 atom stereocenters. The molecule has 32 heavy (non-hydrogen) atoms. The van der Waals surface area contributed by atoms with Gasteiger partial charge in [-0.1, -0.05) is 75.7 Å². The molecule has 0 bridgehead atoms. The summed E-state index contributed by atoms with van der Waals surface area (Å²) in [5, 5.41) is -0.484. The summed E-state index contributed by atoms with van der Waals surface area (Å²) in [6.45, 7) is -0.853. The number of halogens is 7. The number of rotatable bonds is 6. The molecule has 0 saturated carbocycles. The predicted octanol–water partition coefficient (Wildman–Crippen LogP) is 6.34. The fraction of sp³-hybridized carbons (Fsp3) is 0.316. The third-order valence-corrected chi connectivity index (χ3v) is 9.22. The van der Waals surface area contributed by atoms with Crippen molar-refractivity contribution in [2.24, 2.45) is 0 Å². The summed E-state index contributed by atoms with van der Waals surface area (Å²) < 4.78 is 43.8. The van der Waals surface area contributed by atoms with E-state index in [1.807, 2.05) is 0 Å². The van der Waals surface area contributed by atoms with E-state index in [0.29, 0.717) is 0 Å². The molecule has 13 heteroatoms. The molecule has 3 rings (SSSR count). The maximum absolute atomic E-state index is 14.3. The molecule has 1 saturated heterocycles. The lowest BCUT2D eigenvalue weighted by atomic mass is 10.1. The monoisotopic (exact) mass is 581 g/mol. The van der Waals surface area contributed by atoms with Crippen LogP contribution in [0.1, 0.15) is 12.0 Å². The summed E-state index contributed by atoms with van der Waals surface area (Å²) in [6, 6.07) is 3.41. The normalized spacial score (nSPS) is 17.4.